The van der Waals surface area contributed by atoms with Gasteiger partial charge in [0.2, 0.25) is 5.78 Å². The van der Waals surface area contributed by atoms with Gasteiger partial charge in [-0.2, -0.15) is 0 Å². The lowest BCUT2D eigenvalue weighted by molar-refractivity contribution is -0.175. The number of fused-ring (bicyclic) bond motifs is 3. The molecule has 0 unspecified atom stereocenters. The second-order valence-corrected chi connectivity index (χ2v) is 12.8. The number of amides is 1. The third-order valence-electron chi connectivity index (χ3n) is 9.63. The van der Waals surface area contributed by atoms with Crippen molar-refractivity contribution in [3.05, 3.63) is 63.9 Å². The van der Waals surface area contributed by atoms with Crippen LogP contribution in [-0.4, -0.2) is 82.6 Å². The minimum absolute atomic E-state index is 0.0114. The van der Waals surface area contributed by atoms with Crippen molar-refractivity contribution in [3.8, 4) is 16.9 Å². The molecule has 0 saturated heterocycles. The molecule has 0 radical (unpaired) electrons. The van der Waals surface area contributed by atoms with Crippen LogP contribution in [0.25, 0.3) is 16.9 Å². The molecular weight excluding hydrogens is 552 g/mol. The quantitative estimate of drug-likeness (QED) is 0.281. The van der Waals surface area contributed by atoms with Crippen LogP contribution in [0.5, 0.6) is 5.75 Å². The molecule has 0 spiro atoms. The van der Waals surface area contributed by atoms with Gasteiger partial charge in [-0.3, -0.25) is 19.3 Å². The SMILES string of the molecule is CN(C)c1ccc(-c2cc(CN)c(O)c3c2C[C@@]2(C)C[C@@]4(C)[C@@H](N(C)C)C(=O)C(C(N)=O)=C(O)[C@@]4(O)C(=O)C2=C3O)cc1. The summed E-state index contributed by atoms with van der Waals surface area (Å²) in [6.45, 7) is 3.21. The van der Waals surface area contributed by atoms with Crippen molar-refractivity contribution < 1.29 is 34.8 Å². The predicted molar refractivity (Wildman–Crippen MR) is 161 cm³/mol. The largest absolute Gasteiger partial charge is 0.508 e. The molecule has 228 valence electrons. The fourth-order valence-electron chi connectivity index (χ4n) is 7.80. The number of nitrogens with zero attached hydrogens (tertiary/aromatic N) is 2. The normalized spacial score (nSPS) is 28.5. The number of aliphatic hydroxyl groups is 3. The zero-order chi connectivity index (χ0) is 32.0. The van der Waals surface area contributed by atoms with Crippen LogP contribution in [0.1, 0.15) is 37.0 Å². The van der Waals surface area contributed by atoms with E-state index in [2.05, 4.69) is 0 Å². The first kappa shape index (κ1) is 30.3. The van der Waals surface area contributed by atoms with Gasteiger partial charge in [-0.1, -0.05) is 26.0 Å². The molecule has 11 heteroatoms. The maximum atomic E-state index is 14.5. The molecular formula is C32H38N4O7. The van der Waals surface area contributed by atoms with Crippen LogP contribution in [0.3, 0.4) is 0 Å². The summed E-state index contributed by atoms with van der Waals surface area (Å²) >= 11 is 0. The molecule has 1 fully saturated rings. The summed E-state index contributed by atoms with van der Waals surface area (Å²) in [7, 11) is 6.99. The van der Waals surface area contributed by atoms with Crippen LogP contribution in [-0.2, 0) is 27.3 Å². The maximum Gasteiger partial charge on any atom is 0.255 e. The van der Waals surface area contributed by atoms with Gasteiger partial charge in [0.05, 0.1) is 11.6 Å². The third kappa shape index (κ3) is 3.88. The summed E-state index contributed by atoms with van der Waals surface area (Å²) in [4.78, 5) is 43.8. The summed E-state index contributed by atoms with van der Waals surface area (Å²) < 4.78 is 0. The first-order valence-corrected chi connectivity index (χ1v) is 14.0. The Morgan fingerprint density at radius 3 is 2.16 bits per heavy atom. The number of ketones is 2. The van der Waals surface area contributed by atoms with Crippen LogP contribution >= 0.6 is 0 Å². The van der Waals surface area contributed by atoms with E-state index in [4.69, 9.17) is 11.5 Å². The Balaban J connectivity index is 1.83. The van der Waals surface area contributed by atoms with E-state index in [0.29, 0.717) is 16.7 Å². The van der Waals surface area contributed by atoms with E-state index in [1.54, 1.807) is 27.1 Å². The zero-order valence-electron chi connectivity index (χ0n) is 25.1. The Kier molecular flexibility index (Phi) is 6.80. The van der Waals surface area contributed by atoms with Gasteiger partial charge in [0.15, 0.2) is 11.4 Å². The number of Topliss-reactive ketones (excluding diaryl/α,β-unsaturated/α-hetero) is 2. The topological polar surface area (TPSA) is 191 Å². The van der Waals surface area contributed by atoms with Crippen molar-refractivity contribution in [1.82, 2.24) is 4.90 Å². The van der Waals surface area contributed by atoms with E-state index in [1.165, 1.54) is 11.8 Å². The van der Waals surface area contributed by atoms with Crippen LogP contribution < -0.4 is 16.4 Å². The molecule has 3 aliphatic rings. The summed E-state index contributed by atoms with van der Waals surface area (Å²) in [5.41, 5.74) is 8.16. The number of phenols is 1. The third-order valence-corrected chi connectivity index (χ3v) is 9.63. The van der Waals surface area contributed by atoms with E-state index in [0.717, 1.165) is 11.3 Å². The number of aliphatic hydroxyl groups excluding tert-OH is 2. The van der Waals surface area contributed by atoms with E-state index < -0.39 is 57.0 Å². The van der Waals surface area contributed by atoms with Gasteiger partial charge in [0, 0.05) is 48.3 Å². The molecule has 2 aromatic carbocycles. The number of anilines is 1. The van der Waals surface area contributed by atoms with Gasteiger partial charge in [0.25, 0.3) is 5.91 Å². The van der Waals surface area contributed by atoms with E-state index >= 15 is 0 Å². The van der Waals surface area contributed by atoms with E-state index in [9.17, 15) is 34.8 Å². The van der Waals surface area contributed by atoms with E-state index in [-0.39, 0.29) is 36.3 Å². The number of likely N-dealkylation sites (N-methyl/N-ethyl adjacent to an activating group) is 1. The molecule has 5 rings (SSSR count). The molecule has 1 amide bonds. The number of aromatic hydroxyl groups is 1. The highest BCUT2D eigenvalue weighted by molar-refractivity contribution is 6.25. The van der Waals surface area contributed by atoms with Crippen LogP contribution in [0.2, 0.25) is 0 Å². The molecule has 0 aliphatic heterocycles. The van der Waals surface area contributed by atoms with Gasteiger partial charge in [-0.05, 0) is 61.8 Å². The second kappa shape index (κ2) is 9.66. The number of hydrogen-bond acceptors (Lipinski definition) is 10. The van der Waals surface area contributed by atoms with Crippen molar-refractivity contribution >= 4 is 28.9 Å². The number of primary amides is 1. The van der Waals surface area contributed by atoms with Gasteiger partial charge < -0.3 is 36.8 Å². The number of hydrogen-bond donors (Lipinski definition) is 6. The molecule has 43 heavy (non-hydrogen) atoms. The summed E-state index contributed by atoms with van der Waals surface area (Å²) in [6, 6.07) is 8.27. The van der Waals surface area contributed by atoms with Gasteiger partial charge in [0.1, 0.15) is 22.8 Å². The van der Waals surface area contributed by atoms with Crippen LogP contribution in [0, 0.1) is 10.8 Å². The second-order valence-electron chi connectivity index (χ2n) is 12.8. The number of rotatable bonds is 5. The lowest BCUT2D eigenvalue weighted by Gasteiger charge is -2.59. The fourth-order valence-corrected chi connectivity index (χ4v) is 7.80. The Hall–Kier alpha value is -4.19. The van der Waals surface area contributed by atoms with E-state index in [1.807, 2.05) is 43.3 Å². The lowest BCUT2D eigenvalue weighted by atomic mass is 9.46. The number of carbonyl (C=O) groups excluding carboxylic acids is 3. The minimum atomic E-state index is -2.77. The maximum absolute atomic E-state index is 14.5. The summed E-state index contributed by atoms with van der Waals surface area (Å²) in [5.74, 6) is -5.15. The number of benzene rings is 2. The molecule has 8 N–H and O–H groups in total. The molecule has 11 nitrogen and oxygen atoms in total. The van der Waals surface area contributed by atoms with Crippen LogP contribution in [0.4, 0.5) is 5.69 Å². The predicted octanol–water partition coefficient (Wildman–Crippen LogP) is 1.94. The van der Waals surface area contributed by atoms with Crippen molar-refractivity contribution in [2.45, 2.75) is 44.9 Å². The molecule has 0 heterocycles. The highest BCUT2D eigenvalue weighted by Crippen LogP contribution is 2.63. The first-order chi connectivity index (χ1) is 20.0. The van der Waals surface area contributed by atoms with Crippen molar-refractivity contribution in [1.29, 1.82) is 0 Å². The highest BCUT2D eigenvalue weighted by Gasteiger charge is 2.72. The molecule has 4 atom stereocenters. The average molecular weight is 591 g/mol. The average Bonchev–Trinajstić information content (AvgIpc) is 2.90. The molecule has 1 saturated carbocycles. The van der Waals surface area contributed by atoms with Gasteiger partial charge >= 0.3 is 0 Å². The number of nitrogens with two attached hydrogens (primary N) is 2. The number of carbonyl (C=O) groups is 3. The standard InChI is InChI=1S/C32H38N4O7/c1-30-12-19-18(15-7-9-17(10-8-15)35(3)4)11-16(13-33)23(37)20(19)24(38)22(30)28(41)32(43)27(40)21(29(34)42)25(39)26(36(5)6)31(32,2)14-30/h7-11,26,37-38,40,43H,12-14,33H2,1-6H3,(H2,34,42)/t26-,30-,31-,32+/m0/s1. The Labute approximate surface area is 249 Å². The molecule has 0 bridgehead atoms. The van der Waals surface area contributed by atoms with Crippen LogP contribution in [0.15, 0.2) is 47.2 Å². The monoisotopic (exact) mass is 590 g/mol. The Morgan fingerprint density at radius 2 is 1.65 bits per heavy atom. The molecule has 0 aromatic heterocycles. The lowest BCUT2D eigenvalue weighted by Crippen LogP contribution is -2.72. The van der Waals surface area contributed by atoms with Gasteiger partial charge in [-0.15, -0.1) is 0 Å². The van der Waals surface area contributed by atoms with Gasteiger partial charge in [-0.25, -0.2) is 0 Å². The van der Waals surface area contributed by atoms with Crippen molar-refractivity contribution in [2.75, 3.05) is 33.1 Å². The van der Waals surface area contributed by atoms with Crippen molar-refractivity contribution in [3.63, 3.8) is 0 Å². The zero-order valence-corrected chi connectivity index (χ0v) is 25.1. The summed E-state index contributed by atoms with van der Waals surface area (Å²) in [6.07, 6.45) is 0.0912. The molecule has 2 aromatic rings. The summed E-state index contributed by atoms with van der Waals surface area (Å²) in [5, 5.41) is 46.5. The first-order valence-electron chi connectivity index (χ1n) is 14.0. The number of phenolic OH excluding ortho intramolecular Hbond substituents is 1. The van der Waals surface area contributed by atoms with Crippen molar-refractivity contribution in [2.24, 2.45) is 22.3 Å². The fraction of sp³-hybridized carbons (Fsp3) is 0.406. The smallest absolute Gasteiger partial charge is 0.255 e. The Bertz CT molecular complexity index is 1660. The Morgan fingerprint density at radius 1 is 1.05 bits per heavy atom. The molecule has 3 aliphatic carbocycles. The minimum Gasteiger partial charge on any atom is -0.508 e. The highest BCUT2D eigenvalue weighted by atomic mass is 16.3.